The number of alkyl halides is 3. The summed E-state index contributed by atoms with van der Waals surface area (Å²) < 4.78 is 52.8. The first-order valence-corrected chi connectivity index (χ1v) is 15.2. The molecule has 4 rings (SSSR count). The van der Waals surface area contributed by atoms with Gasteiger partial charge >= 0.3 is 6.18 Å². The van der Waals surface area contributed by atoms with Crippen molar-refractivity contribution in [3.8, 4) is 5.75 Å². The van der Waals surface area contributed by atoms with Gasteiger partial charge in [-0.1, -0.05) is 42.5 Å². The summed E-state index contributed by atoms with van der Waals surface area (Å²) in [7, 11) is 0. The van der Waals surface area contributed by atoms with E-state index in [2.05, 4.69) is 16.0 Å². The number of benzene rings is 4. The van der Waals surface area contributed by atoms with Crippen molar-refractivity contribution in [1.29, 1.82) is 0 Å². The van der Waals surface area contributed by atoms with E-state index in [0.717, 1.165) is 22.8 Å². The molecule has 2 atom stereocenters. The molecule has 0 aliphatic carbocycles. The van der Waals surface area contributed by atoms with Gasteiger partial charge in [-0.2, -0.15) is 13.2 Å². The van der Waals surface area contributed by atoms with Crippen molar-refractivity contribution in [2.24, 2.45) is 0 Å². The first-order valence-electron chi connectivity index (χ1n) is 15.2. The molecular weight excluding hydrogens is 630 g/mol. The highest BCUT2D eigenvalue weighted by Crippen LogP contribution is 2.30. The van der Waals surface area contributed by atoms with Gasteiger partial charge in [-0.3, -0.25) is 9.59 Å². The molecule has 254 valence electrons. The van der Waals surface area contributed by atoms with E-state index >= 15 is 0 Å². The first-order chi connectivity index (χ1) is 22.8. The lowest BCUT2D eigenvalue weighted by Crippen LogP contribution is -2.32. The first kappa shape index (κ1) is 36.1. The minimum atomic E-state index is -4.63. The van der Waals surface area contributed by atoms with E-state index in [1.165, 1.54) is 18.2 Å². The second-order valence-electron chi connectivity index (χ2n) is 11.5. The van der Waals surface area contributed by atoms with Gasteiger partial charge in [-0.25, -0.2) is 4.39 Å². The normalized spacial score (nSPS) is 12.7. The predicted molar refractivity (Wildman–Crippen MR) is 171 cm³/mol. The van der Waals surface area contributed by atoms with E-state index in [1.807, 2.05) is 31.2 Å². The van der Waals surface area contributed by atoms with Crippen LogP contribution in [0.1, 0.15) is 62.3 Å². The molecule has 0 bridgehead atoms. The Balaban J connectivity index is 1.21. The van der Waals surface area contributed by atoms with Crippen LogP contribution in [0.15, 0.2) is 84.9 Å². The lowest BCUT2D eigenvalue weighted by molar-refractivity contribution is -0.137. The van der Waals surface area contributed by atoms with Crippen LogP contribution >= 0.6 is 0 Å². The zero-order valence-electron chi connectivity index (χ0n) is 26.2. The van der Waals surface area contributed by atoms with Gasteiger partial charge in [-0.15, -0.1) is 0 Å². The third-order valence-corrected chi connectivity index (χ3v) is 7.73. The number of phenols is 1. The predicted octanol–water partition coefficient (Wildman–Crippen LogP) is 5.09. The molecule has 0 saturated carbocycles. The average molecular weight is 668 g/mol. The Hall–Kier alpha value is -4.78. The summed E-state index contributed by atoms with van der Waals surface area (Å²) in [6, 6.07) is 20.6. The smallest absolute Gasteiger partial charge is 0.416 e. The maximum atomic E-state index is 14.0. The highest BCUT2D eigenvalue weighted by Gasteiger charge is 2.31. The third-order valence-electron chi connectivity index (χ3n) is 7.73. The van der Waals surface area contributed by atoms with E-state index in [9.17, 15) is 42.5 Å². The molecule has 6 N–H and O–H groups in total. The molecular formula is C36H37F4N3O5. The Labute approximate surface area is 275 Å². The number of rotatable bonds is 14. The molecule has 0 heterocycles. The summed E-state index contributed by atoms with van der Waals surface area (Å²) in [4.78, 5) is 25.1. The fraction of sp³-hybridized carbons (Fsp3) is 0.278. The van der Waals surface area contributed by atoms with Crippen molar-refractivity contribution in [3.05, 3.63) is 135 Å². The molecule has 4 aromatic carbocycles. The van der Waals surface area contributed by atoms with Gasteiger partial charge in [0.25, 0.3) is 5.91 Å². The van der Waals surface area contributed by atoms with Gasteiger partial charge in [-0.05, 0) is 78.1 Å². The van der Waals surface area contributed by atoms with Crippen molar-refractivity contribution >= 4 is 11.8 Å². The van der Waals surface area contributed by atoms with E-state index in [0.29, 0.717) is 29.7 Å². The minimum absolute atomic E-state index is 0.00459. The summed E-state index contributed by atoms with van der Waals surface area (Å²) in [5.74, 6) is -1.68. The van der Waals surface area contributed by atoms with Crippen molar-refractivity contribution in [1.82, 2.24) is 16.0 Å². The molecule has 0 unspecified atom stereocenters. The Morgan fingerprint density at radius 3 is 2.27 bits per heavy atom. The quantitative estimate of drug-likeness (QED) is 0.104. The van der Waals surface area contributed by atoms with E-state index in [1.54, 1.807) is 24.3 Å². The Bertz CT molecular complexity index is 1710. The molecule has 12 heteroatoms. The highest BCUT2D eigenvalue weighted by molar-refractivity contribution is 5.94. The average Bonchev–Trinajstić information content (AvgIpc) is 3.05. The Morgan fingerprint density at radius 2 is 1.56 bits per heavy atom. The molecule has 0 aliphatic heterocycles. The zero-order chi connectivity index (χ0) is 34.8. The summed E-state index contributed by atoms with van der Waals surface area (Å²) in [5.41, 5.74) is 2.41. The number of nitrogens with one attached hydrogen (secondary N) is 3. The van der Waals surface area contributed by atoms with Gasteiger partial charge in [0.15, 0.2) is 0 Å². The molecule has 0 aliphatic rings. The van der Waals surface area contributed by atoms with Gasteiger partial charge in [0, 0.05) is 42.4 Å². The number of hydrogen-bond donors (Lipinski definition) is 6. The SMILES string of the molecule is C[C@H](Cc1cccc(CC(=O)NCc2ccc(C(=O)NCc3cc(C(F)(F)F)ccc3F)cc2)c1)NC[C@@H](O)c1ccc(O)c(CO)c1. The van der Waals surface area contributed by atoms with Gasteiger partial charge in [0.05, 0.1) is 24.7 Å². The minimum Gasteiger partial charge on any atom is -0.508 e. The number of aliphatic hydroxyl groups is 2. The van der Waals surface area contributed by atoms with Gasteiger partial charge < -0.3 is 31.3 Å². The molecule has 0 radical (unpaired) electrons. The molecule has 0 saturated heterocycles. The molecule has 4 aromatic rings. The van der Waals surface area contributed by atoms with Crippen LogP contribution in [0.25, 0.3) is 0 Å². The van der Waals surface area contributed by atoms with E-state index in [4.69, 9.17) is 0 Å². The molecule has 2 amide bonds. The number of carbonyl (C=O) groups excluding carboxylic acids is 2. The van der Waals surface area contributed by atoms with Crippen molar-refractivity contribution in [2.75, 3.05) is 6.54 Å². The van der Waals surface area contributed by atoms with Crippen LogP contribution in [-0.2, 0) is 43.5 Å². The number of hydrogen-bond acceptors (Lipinski definition) is 6. The second kappa shape index (κ2) is 16.4. The highest BCUT2D eigenvalue weighted by atomic mass is 19.4. The number of carbonyl (C=O) groups is 2. The molecule has 8 nitrogen and oxygen atoms in total. The summed E-state index contributed by atoms with van der Waals surface area (Å²) in [6.45, 7) is 1.71. The van der Waals surface area contributed by atoms with Crippen LogP contribution in [0.2, 0.25) is 0 Å². The lowest BCUT2D eigenvalue weighted by atomic mass is 10.0. The van der Waals surface area contributed by atoms with Crippen LogP contribution in [-0.4, -0.2) is 39.7 Å². The fourth-order valence-corrected chi connectivity index (χ4v) is 5.05. The molecule has 0 aromatic heterocycles. The maximum Gasteiger partial charge on any atom is 0.416 e. The van der Waals surface area contributed by atoms with Crippen molar-refractivity contribution in [2.45, 2.75) is 57.8 Å². The number of halogens is 4. The third kappa shape index (κ3) is 10.4. The maximum absolute atomic E-state index is 14.0. The zero-order valence-corrected chi connectivity index (χ0v) is 26.2. The number of aromatic hydroxyl groups is 1. The van der Waals surface area contributed by atoms with Crippen LogP contribution in [0, 0.1) is 5.82 Å². The number of aliphatic hydroxyl groups excluding tert-OH is 2. The molecule has 0 spiro atoms. The standard InChI is InChI=1S/C36H37F4N3O5/c1-22(41-20-33(46)27-9-12-32(45)29(16-27)21-44)13-24-3-2-4-25(14-24)15-34(47)42-18-23-5-7-26(8-6-23)35(48)43-19-28-17-30(36(38,39)40)10-11-31(28)37/h2-12,14,16-17,22,33,41,44-46H,13,15,18-21H2,1H3,(H,42,47)(H,43,48)/t22-,33-/m1/s1. The lowest BCUT2D eigenvalue weighted by Gasteiger charge is -2.18. The fourth-order valence-electron chi connectivity index (χ4n) is 5.05. The van der Waals surface area contributed by atoms with Crippen molar-refractivity contribution < 1.29 is 42.5 Å². The van der Waals surface area contributed by atoms with Crippen molar-refractivity contribution in [3.63, 3.8) is 0 Å². The number of amides is 2. The van der Waals surface area contributed by atoms with Gasteiger partial charge in [0.1, 0.15) is 11.6 Å². The molecule has 0 fully saturated rings. The van der Waals surface area contributed by atoms with Crippen LogP contribution < -0.4 is 16.0 Å². The largest absolute Gasteiger partial charge is 0.508 e. The van der Waals surface area contributed by atoms with Crippen LogP contribution in [0.3, 0.4) is 0 Å². The van der Waals surface area contributed by atoms with Crippen LogP contribution in [0.5, 0.6) is 5.75 Å². The van der Waals surface area contributed by atoms with Crippen LogP contribution in [0.4, 0.5) is 17.6 Å². The topological polar surface area (TPSA) is 131 Å². The molecule has 48 heavy (non-hydrogen) atoms. The van der Waals surface area contributed by atoms with Gasteiger partial charge in [0.2, 0.25) is 5.91 Å². The Morgan fingerprint density at radius 1 is 0.833 bits per heavy atom. The summed E-state index contributed by atoms with van der Waals surface area (Å²) in [6.07, 6.45) is -4.66. The second-order valence-corrected chi connectivity index (χ2v) is 11.5. The van der Waals surface area contributed by atoms with E-state index < -0.39 is 36.1 Å². The summed E-state index contributed by atoms with van der Waals surface area (Å²) in [5, 5.41) is 38.1. The Kier molecular flexibility index (Phi) is 12.3. The monoisotopic (exact) mass is 667 g/mol. The van der Waals surface area contributed by atoms with E-state index in [-0.39, 0.29) is 54.9 Å². The summed E-state index contributed by atoms with van der Waals surface area (Å²) >= 11 is 0.